The van der Waals surface area contributed by atoms with Gasteiger partial charge in [0.2, 0.25) is 0 Å². The van der Waals surface area contributed by atoms with Gasteiger partial charge in [-0.2, -0.15) is 0 Å². The van der Waals surface area contributed by atoms with Crippen molar-refractivity contribution in [2.75, 3.05) is 6.61 Å². The van der Waals surface area contributed by atoms with E-state index in [1.54, 1.807) is 0 Å². The topological polar surface area (TPSA) is 18.5 Å². The summed E-state index contributed by atoms with van der Waals surface area (Å²) in [5.41, 5.74) is 2.35. The fraction of sp³-hybridized carbons (Fsp3) is 0.250. The third-order valence-electron chi connectivity index (χ3n) is 3.23. The summed E-state index contributed by atoms with van der Waals surface area (Å²) in [6, 6.07) is 16.0. The van der Waals surface area contributed by atoms with E-state index in [9.17, 15) is 0 Å². The van der Waals surface area contributed by atoms with Gasteiger partial charge in [0.15, 0.2) is 0 Å². The Bertz CT molecular complexity index is 526. The lowest BCUT2D eigenvalue weighted by atomic mass is 10.1. The highest BCUT2D eigenvalue weighted by atomic mass is 35.5. The average molecular weight is 275 g/mol. The number of alkyl halides is 1. The molecule has 2 nitrogen and oxygen atoms in total. The van der Waals surface area contributed by atoms with Crippen molar-refractivity contribution in [1.29, 1.82) is 0 Å². The van der Waals surface area contributed by atoms with E-state index in [1.165, 1.54) is 5.56 Å². The van der Waals surface area contributed by atoms with Crippen molar-refractivity contribution in [2.45, 2.75) is 18.4 Å². The monoisotopic (exact) mass is 274 g/mol. The lowest BCUT2D eigenvalue weighted by Crippen LogP contribution is -2.22. The zero-order chi connectivity index (χ0) is 13.1. The molecule has 98 valence electrons. The molecule has 0 aliphatic carbocycles. The van der Waals surface area contributed by atoms with Gasteiger partial charge < -0.3 is 9.47 Å². The fourth-order valence-corrected chi connectivity index (χ4v) is 2.39. The molecule has 0 aromatic heterocycles. The average Bonchev–Trinajstić information content (AvgIpc) is 2.88. The van der Waals surface area contributed by atoms with Crippen LogP contribution in [0.1, 0.15) is 11.1 Å². The van der Waals surface area contributed by atoms with Crippen LogP contribution in [0.4, 0.5) is 0 Å². The van der Waals surface area contributed by atoms with Gasteiger partial charge in [0.25, 0.3) is 0 Å². The van der Waals surface area contributed by atoms with Crippen molar-refractivity contribution in [3.05, 3.63) is 59.7 Å². The first kappa shape index (κ1) is 12.4. The maximum atomic E-state index is 5.83. The summed E-state index contributed by atoms with van der Waals surface area (Å²) in [4.78, 5) is 0. The van der Waals surface area contributed by atoms with Crippen molar-refractivity contribution < 1.29 is 9.47 Å². The zero-order valence-corrected chi connectivity index (χ0v) is 11.3. The molecule has 0 N–H and O–H groups in total. The van der Waals surface area contributed by atoms with E-state index >= 15 is 0 Å². The summed E-state index contributed by atoms with van der Waals surface area (Å²) in [6.45, 7) is 0.564. The Hall–Kier alpha value is -1.67. The molecule has 19 heavy (non-hydrogen) atoms. The Morgan fingerprint density at radius 1 is 1.11 bits per heavy atom. The Morgan fingerprint density at radius 2 is 1.89 bits per heavy atom. The minimum absolute atomic E-state index is 0.102. The summed E-state index contributed by atoms with van der Waals surface area (Å²) < 4.78 is 11.6. The summed E-state index contributed by atoms with van der Waals surface area (Å²) in [5.74, 6) is 2.36. The van der Waals surface area contributed by atoms with Gasteiger partial charge in [-0.3, -0.25) is 0 Å². The van der Waals surface area contributed by atoms with Gasteiger partial charge in [0, 0.05) is 12.3 Å². The Kier molecular flexibility index (Phi) is 3.60. The van der Waals surface area contributed by atoms with Crippen molar-refractivity contribution in [3.8, 4) is 11.5 Å². The molecule has 1 atom stereocenters. The number of rotatable bonds is 4. The van der Waals surface area contributed by atoms with E-state index < -0.39 is 0 Å². The first-order valence-electron chi connectivity index (χ1n) is 6.37. The van der Waals surface area contributed by atoms with Crippen LogP contribution in [0.25, 0.3) is 0 Å². The second-order valence-corrected chi connectivity index (χ2v) is 4.91. The highest BCUT2D eigenvalue weighted by Crippen LogP contribution is 2.28. The molecular formula is C16H15ClO2. The van der Waals surface area contributed by atoms with Gasteiger partial charge in [-0.1, -0.05) is 30.3 Å². The molecule has 0 radical (unpaired) electrons. The third kappa shape index (κ3) is 2.85. The van der Waals surface area contributed by atoms with Crippen LogP contribution in [-0.4, -0.2) is 12.7 Å². The Balaban J connectivity index is 1.56. The highest BCUT2D eigenvalue weighted by molar-refractivity contribution is 6.17. The van der Waals surface area contributed by atoms with E-state index in [4.69, 9.17) is 21.1 Å². The number of benzene rings is 2. The van der Waals surface area contributed by atoms with E-state index in [2.05, 4.69) is 6.07 Å². The molecular weight excluding hydrogens is 260 g/mol. The second-order valence-electron chi connectivity index (χ2n) is 4.64. The van der Waals surface area contributed by atoms with Crippen LogP contribution < -0.4 is 9.47 Å². The van der Waals surface area contributed by atoms with Crippen LogP contribution in [0.5, 0.6) is 11.5 Å². The predicted octanol–water partition coefficient (Wildman–Crippen LogP) is 3.81. The van der Waals surface area contributed by atoms with Gasteiger partial charge in [0.1, 0.15) is 24.2 Å². The predicted molar refractivity (Wildman–Crippen MR) is 76.1 cm³/mol. The lowest BCUT2D eigenvalue weighted by molar-refractivity contribution is 0.148. The molecule has 3 heteroatoms. The number of halogens is 1. The van der Waals surface area contributed by atoms with Crippen LogP contribution in [-0.2, 0) is 12.3 Å². The molecule has 0 amide bonds. The molecule has 0 bridgehead atoms. The highest BCUT2D eigenvalue weighted by Gasteiger charge is 2.22. The maximum Gasteiger partial charge on any atom is 0.137 e. The number of hydrogen-bond donors (Lipinski definition) is 0. The van der Waals surface area contributed by atoms with Crippen LogP contribution >= 0.6 is 11.6 Å². The first-order chi connectivity index (χ1) is 9.35. The van der Waals surface area contributed by atoms with Gasteiger partial charge in [-0.25, -0.2) is 0 Å². The Morgan fingerprint density at radius 3 is 2.63 bits per heavy atom. The standard InChI is InChI=1S/C16H15ClO2/c17-10-12-5-7-14(8-6-12)18-11-15-9-13-3-1-2-4-16(13)19-15/h1-8,15H,9-11H2. The summed E-state index contributed by atoms with van der Waals surface area (Å²) >= 11 is 5.75. The largest absolute Gasteiger partial charge is 0.490 e. The van der Waals surface area contributed by atoms with Gasteiger partial charge in [0.05, 0.1) is 0 Å². The number of fused-ring (bicyclic) bond motifs is 1. The number of ether oxygens (including phenoxy) is 2. The molecule has 2 aromatic rings. The molecule has 1 heterocycles. The third-order valence-corrected chi connectivity index (χ3v) is 3.54. The lowest BCUT2D eigenvalue weighted by Gasteiger charge is -2.12. The van der Waals surface area contributed by atoms with Crippen molar-refractivity contribution in [2.24, 2.45) is 0 Å². The summed E-state index contributed by atoms with van der Waals surface area (Å²) in [6.07, 6.45) is 1.01. The van der Waals surface area contributed by atoms with Crippen molar-refractivity contribution >= 4 is 11.6 Å². The fourth-order valence-electron chi connectivity index (χ4n) is 2.21. The minimum Gasteiger partial charge on any atom is -0.490 e. The van der Waals surface area contributed by atoms with Crippen LogP contribution in [0.15, 0.2) is 48.5 Å². The summed E-state index contributed by atoms with van der Waals surface area (Å²) in [7, 11) is 0. The molecule has 1 aliphatic rings. The van der Waals surface area contributed by atoms with Crippen LogP contribution in [0, 0.1) is 0 Å². The van der Waals surface area contributed by atoms with E-state index in [0.717, 1.165) is 23.5 Å². The smallest absolute Gasteiger partial charge is 0.137 e. The SMILES string of the molecule is ClCc1ccc(OCC2Cc3ccccc3O2)cc1. The first-order valence-corrected chi connectivity index (χ1v) is 6.91. The second kappa shape index (κ2) is 5.54. The number of hydrogen-bond acceptors (Lipinski definition) is 2. The number of para-hydroxylation sites is 1. The quantitative estimate of drug-likeness (QED) is 0.790. The van der Waals surface area contributed by atoms with E-state index in [1.807, 2.05) is 42.5 Å². The molecule has 0 saturated heterocycles. The van der Waals surface area contributed by atoms with E-state index in [-0.39, 0.29) is 6.10 Å². The molecule has 3 rings (SSSR count). The molecule has 1 aliphatic heterocycles. The minimum atomic E-state index is 0.102. The normalized spacial score (nSPS) is 16.8. The molecule has 0 saturated carbocycles. The van der Waals surface area contributed by atoms with Gasteiger partial charge in [-0.05, 0) is 29.3 Å². The van der Waals surface area contributed by atoms with Crippen LogP contribution in [0.2, 0.25) is 0 Å². The zero-order valence-electron chi connectivity index (χ0n) is 10.5. The molecule has 2 aromatic carbocycles. The van der Waals surface area contributed by atoms with Gasteiger partial charge >= 0.3 is 0 Å². The van der Waals surface area contributed by atoms with Gasteiger partial charge in [-0.15, -0.1) is 11.6 Å². The molecule has 0 spiro atoms. The van der Waals surface area contributed by atoms with Crippen molar-refractivity contribution in [3.63, 3.8) is 0 Å². The maximum absolute atomic E-state index is 5.83. The molecule has 1 unspecified atom stereocenters. The van der Waals surface area contributed by atoms with E-state index in [0.29, 0.717) is 12.5 Å². The van der Waals surface area contributed by atoms with Crippen LogP contribution in [0.3, 0.4) is 0 Å². The Labute approximate surface area is 117 Å². The summed E-state index contributed by atoms with van der Waals surface area (Å²) in [5, 5.41) is 0. The molecule has 0 fully saturated rings. The van der Waals surface area contributed by atoms with Crippen molar-refractivity contribution in [1.82, 2.24) is 0 Å².